The fourth-order valence-corrected chi connectivity index (χ4v) is 5.38. The van der Waals surface area contributed by atoms with Crippen molar-refractivity contribution < 1.29 is 13.2 Å². The van der Waals surface area contributed by atoms with Crippen molar-refractivity contribution in [2.45, 2.75) is 52.1 Å². The number of carbonyl (C=O) groups is 1. The molecule has 1 amide bonds. The topological polar surface area (TPSA) is 66.5 Å². The maximum atomic E-state index is 12.9. The van der Waals surface area contributed by atoms with E-state index in [0.29, 0.717) is 11.3 Å². The summed E-state index contributed by atoms with van der Waals surface area (Å²) in [4.78, 5) is 12.9. The van der Waals surface area contributed by atoms with Gasteiger partial charge >= 0.3 is 0 Å². The molecule has 0 spiro atoms. The number of nitrogens with zero attached hydrogens (tertiary/aromatic N) is 1. The molecule has 6 heteroatoms. The van der Waals surface area contributed by atoms with E-state index in [4.69, 9.17) is 0 Å². The highest BCUT2D eigenvalue weighted by atomic mass is 32.2. The van der Waals surface area contributed by atoms with E-state index in [2.05, 4.69) is 23.5 Å². The zero-order valence-corrected chi connectivity index (χ0v) is 20.9. The molecular formula is C28H32N2O3S. The smallest absolute Gasteiger partial charge is 0.251 e. The molecular weight excluding hydrogens is 444 g/mol. The van der Waals surface area contributed by atoms with Gasteiger partial charge in [-0.1, -0.05) is 42.5 Å². The molecule has 1 aliphatic rings. The molecule has 0 saturated carbocycles. The van der Waals surface area contributed by atoms with Gasteiger partial charge in [-0.2, -0.15) is 0 Å². The Kier molecular flexibility index (Phi) is 7.08. The number of hydrogen-bond donors (Lipinski definition) is 1. The molecule has 34 heavy (non-hydrogen) atoms. The van der Waals surface area contributed by atoms with Crippen LogP contribution >= 0.6 is 0 Å². The standard InChI is InChI=1S/C28H32N2O3S/c1-20-7-6-10-27(17-20)30(34(3,32)33)19-22-11-13-24(14-12-22)28(31)29-21(2)25-16-15-23-8-4-5-9-26(23)18-25/h6-7,10-18,21H,4-5,8-9,19H2,1-3H3,(H,29,31)/t21-/m0/s1. The van der Waals surface area contributed by atoms with Crippen LogP contribution in [0.1, 0.15) is 64.0 Å². The van der Waals surface area contributed by atoms with E-state index < -0.39 is 10.0 Å². The SMILES string of the molecule is Cc1cccc(N(Cc2ccc(C(=O)N[C@@H](C)c3ccc4c(c3)CCCC4)cc2)S(C)(=O)=O)c1. The number of fused-ring (bicyclic) bond motifs is 1. The second-order valence-electron chi connectivity index (χ2n) is 9.24. The average Bonchev–Trinajstić information content (AvgIpc) is 2.81. The van der Waals surface area contributed by atoms with Crippen molar-refractivity contribution in [3.8, 4) is 0 Å². The van der Waals surface area contributed by atoms with E-state index in [9.17, 15) is 13.2 Å². The summed E-state index contributed by atoms with van der Waals surface area (Å²) in [6, 6.07) is 21.0. The van der Waals surface area contributed by atoms with Crippen LogP contribution in [0.25, 0.3) is 0 Å². The Hall–Kier alpha value is -3.12. The number of rotatable bonds is 7. The maximum Gasteiger partial charge on any atom is 0.251 e. The van der Waals surface area contributed by atoms with Crippen molar-refractivity contribution in [1.82, 2.24) is 5.32 Å². The molecule has 0 bridgehead atoms. The van der Waals surface area contributed by atoms with E-state index in [1.54, 1.807) is 18.2 Å². The zero-order chi connectivity index (χ0) is 24.3. The van der Waals surface area contributed by atoms with Gasteiger partial charge in [0, 0.05) is 5.56 Å². The van der Waals surface area contributed by atoms with Crippen LogP contribution in [-0.4, -0.2) is 20.6 Å². The van der Waals surface area contributed by atoms with Crippen molar-refractivity contribution in [3.05, 3.63) is 100 Å². The third-order valence-electron chi connectivity index (χ3n) is 6.45. The molecule has 0 radical (unpaired) electrons. The fourth-order valence-electron chi connectivity index (χ4n) is 4.50. The largest absolute Gasteiger partial charge is 0.346 e. The van der Waals surface area contributed by atoms with E-state index in [-0.39, 0.29) is 18.5 Å². The highest BCUT2D eigenvalue weighted by Gasteiger charge is 2.19. The normalized spacial score (nSPS) is 14.2. The summed E-state index contributed by atoms with van der Waals surface area (Å²) in [6.45, 7) is 4.14. The Morgan fingerprint density at radius 2 is 1.68 bits per heavy atom. The van der Waals surface area contributed by atoms with Gasteiger partial charge in [-0.3, -0.25) is 9.10 Å². The van der Waals surface area contributed by atoms with E-state index >= 15 is 0 Å². The van der Waals surface area contributed by atoms with Gasteiger partial charge in [-0.05, 0) is 91.6 Å². The number of anilines is 1. The molecule has 3 aromatic carbocycles. The van der Waals surface area contributed by atoms with Crippen molar-refractivity contribution in [3.63, 3.8) is 0 Å². The van der Waals surface area contributed by atoms with Crippen LogP contribution in [0.4, 0.5) is 5.69 Å². The third kappa shape index (κ3) is 5.68. The van der Waals surface area contributed by atoms with Gasteiger partial charge in [-0.25, -0.2) is 8.42 Å². The lowest BCUT2D eigenvalue weighted by Crippen LogP contribution is -2.29. The average molecular weight is 477 g/mol. The van der Waals surface area contributed by atoms with Crippen LogP contribution in [-0.2, 0) is 29.4 Å². The highest BCUT2D eigenvalue weighted by molar-refractivity contribution is 7.92. The van der Waals surface area contributed by atoms with Crippen LogP contribution < -0.4 is 9.62 Å². The fraction of sp³-hybridized carbons (Fsp3) is 0.321. The molecule has 0 heterocycles. The molecule has 0 aliphatic heterocycles. The first-order valence-electron chi connectivity index (χ1n) is 11.8. The van der Waals surface area contributed by atoms with Gasteiger partial charge in [0.1, 0.15) is 0 Å². The second-order valence-corrected chi connectivity index (χ2v) is 11.1. The molecule has 178 valence electrons. The summed E-state index contributed by atoms with van der Waals surface area (Å²) in [6.07, 6.45) is 5.94. The summed E-state index contributed by atoms with van der Waals surface area (Å²) in [7, 11) is -3.46. The van der Waals surface area contributed by atoms with E-state index in [0.717, 1.165) is 29.5 Å². The Morgan fingerprint density at radius 3 is 2.35 bits per heavy atom. The Bertz CT molecular complexity index is 1280. The third-order valence-corrected chi connectivity index (χ3v) is 7.59. The first-order valence-corrected chi connectivity index (χ1v) is 13.6. The van der Waals surface area contributed by atoms with Crippen molar-refractivity contribution in [2.24, 2.45) is 0 Å². The van der Waals surface area contributed by atoms with Gasteiger partial charge in [0.05, 0.1) is 24.5 Å². The summed E-state index contributed by atoms with van der Waals surface area (Å²) in [5, 5.41) is 3.09. The van der Waals surface area contributed by atoms with Crippen LogP contribution in [0.5, 0.6) is 0 Å². The molecule has 1 aliphatic carbocycles. The molecule has 4 rings (SSSR count). The van der Waals surface area contributed by atoms with Crippen molar-refractivity contribution >= 4 is 21.6 Å². The Labute approximate surface area is 202 Å². The molecule has 0 saturated heterocycles. The van der Waals surface area contributed by atoms with Gasteiger partial charge < -0.3 is 5.32 Å². The number of carbonyl (C=O) groups excluding carboxylic acids is 1. The summed E-state index contributed by atoms with van der Waals surface area (Å²) in [5.41, 5.74) is 6.93. The predicted octanol–water partition coefficient (Wildman–Crippen LogP) is 5.33. The summed E-state index contributed by atoms with van der Waals surface area (Å²) < 4.78 is 26.2. The Morgan fingerprint density at radius 1 is 0.971 bits per heavy atom. The molecule has 5 nitrogen and oxygen atoms in total. The predicted molar refractivity (Wildman–Crippen MR) is 138 cm³/mol. The lowest BCUT2D eigenvalue weighted by atomic mass is 9.89. The first-order chi connectivity index (χ1) is 16.2. The van der Waals surface area contributed by atoms with Gasteiger partial charge in [-0.15, -0.1) is 0 Å². The molecule has 0 fully saturated rings. The number of hydrogen-bond acceptors (Lipinski definition) is 3. The minimum atomic E-state index is -3.46. The van der Waals surface area contributed by atoms with Crippen LogP contribution in [0, 0.1) is 6.92 Å². The van der Waals surface area contributed by atoms with E-state index in [1.165, 1.54) is 34.5 Å². The molecule has 1 atom stereocenters. The van der Waals surface area contributed by atoms with Gasteiger partial charge in [0.2, 0.25) is 10.0 Å². The molecule has 3 aromatic rings. The number of benzene rings is 3. The molecule has 1 N–H and O–H groups in total. The van der Waals surface area contributed by atoms with Crippen molar-refractivity contribution in [1.29, 1.82) is 0 Å². The van der Waals surface area contributed by atoms with Crippen LogP contribution in [0.15, 0.2) is 66.7 Å². The molecule has 0 unspecified atom stereocenters. The second kappa shape index (κ2) is 10.0. The lowest BCUT2D eigenvalue weighted by Gasteiger charge is -2.23. The lowest BCUT2D eigenvalue weighted by molar-refractivity contribution is 0.0940. The van der Waals surface area contributed by atoms with Crippen molar-refractivity contribution in [2.75, 3.05) is 10.6 Å². The number of aryl methyl sites for hydroxylation is 3. The highest BCUT2D eigenvalue weighted by Crippen LogP contribution is 2.25. The zero-order valence-electron chi connectivity index (χ0n) is 20.0. The Balaban J connectivity index is 1.44. The number of sulfonamides is 1. The number of amides is 1. The monoisotopic (exact) mass is 476 g/mol. The quantitative estimate of drug-likeness (QED) is 0.501. The summed E-state index contributed by atoms with van der Waals surface area (Å²) in [5.74, 6) is -0.143. The van der Waals surface area contributed by atoms with Crippen LogP contribution in [0.3, 0.4) is 0 Å². The van der Waals surface area contributed by atoms with Gasteiger partial charge in [0.25, 0.3) is 5.91 Å². The summed E-state index contributed by atoms with van der Waals surface area (Å²) >= 11 is 0. The van der Waals surface area contributed by atoms with Crippen LogP contribution in [0.2, 0.25) is 0 Å². The van der Waals surface area contributed by atoms with E-state index in [1.807, 2.05) is 44.2 Å². The maximum absolute atomic E-state index is 12.9. The minimum absolute atomic E-state index is 0.0959. The molecule has 0 aromatic heterocycles. The van der Waals surface area contributed by atoms with Gasteiger partial charge in [0.15, 0.2) is 0 Å². The number of nitrogens with one attached hydrogen (secondary N) is 1. The minimum Gasteiger partial charge on any atom is -0.346 e. The first kappa shape index (κ1) is 24.0.